The summed E-state index contributed by atoms with van der Waals surface area (Å²) >= 11 is 1.72. The van der Waals surface area contributed by atoms with Crippen LogP contribution in [0.3, 0.4) is 0 Å². The van der Waals surface area contributed by atoms with Crippen LogP contribution in [0, 0.1) is 0 Å². The van der Waals surface area contributed by atoms with Crippen LogP contribution in [0.1, 0.15) is 24.8 Å². The predicted molar refractivity (Wildman–Crippen MR) is 53.9 cm³/mol. The number of ether oxygens (including phenoxy) is 1. The molecule has 1 aromatic heterocycles. The van der Waals surface area contributed by atoms with E-state index in [-0.39, 0.29) is 5.97 Å². The molecular formula is C10H14O2S. The number of aryl methyl sites for hydroxylation is 1. The van der Waals surface area contributed by atoms with Crippen LogP contribution in [0.4, 0.5) is 0 Å². The largest absolute Gasteiger partial charge is 0.469 e. The molecule has 1 rings (SSSR count). The zero-order valence-electron chi connectivity index (χ0n) is 7.79. The summed E-state index contributed by atoms with van der Waals surface area (Å²) in [7, 11) is 1.43. The third-order valence-corrected chi connectivity index (χ3v) is 2.64. The van der Waals surface area contributed by atoms with Crippen LogP contribution < -0.4 is 0 Å². The van der Waals surface area contributed by atoms with Crippen molar-refractivity contribution in [2.75, 3.05) is 7.11 Å². The van der Waals surface area contributed by atoms with Gasteiger partial charge in [0.05, 0.1) is 7.11 Å². The molecule has 0 aromatic carbocycles. The third kappa shape index (κ3) is 4.08. The Hall–Kier alpha value is -0.830. The standard InChI is InChI=1S/C10H14O2S/c1-12-10(11)5-3-2-4-9-6-7-13-8-9/h6-8H,2-5H2,1H3. The Balaban J connectivity index is 2.05. The van der Waals surface area contributed by atoms with E-state index < -0.39 is 0 Å². The SMILES string of the molecule is COC(=O)CCCCc1ccsc1. The maximum atomic E-state index is 10.8. The molecule has 0 saturated heterocycles. The lowest BCUT2D eigenvalue weighted by molar-refractivity contribution is -0.140. The van der Waals surface area contributed by atoms with Gasteiger partial charge < -0.3 is 4.74 Å². The van der Waals surface area contributed by atoms with Gasteiger partial charge in [0.2, 0.25) is 0 Å². The quantitative estimate of drug-likeness (QED) is 0.537. The number of hydrogen-bond acceptors (Lipinski definition) is 3. The molecule has 13 heavy (non-hydrogen) atoms. The Morgan fingerprint density at radius 1 is 1.54 bits per heavy atom. The summed E-state index contributed by atoms with van der Waals surface area (Å²) in [6.07, 6.45) is 3.59. The number of hydrogen-bond donors (Lipinski definition) is 0. The van der Waals surface area contributed by atoms with Crippen molar-refractivity contribution >= 4 is 17.3 Å². The summed E-state index contributed by atoms with van der Waals surface area (Å²) in [5.74, 6) is -0.106. The van der Waals surface area contributed by atoms with Crippen LogP contribution >= 0.6 is 11.3 Å². The minimum atomic E-state index is -0.106. The molecule has 0 bridgehead atoms. The van der Waals surface area contributed by atoms with Crippen molar-refractivity contribution in [1.29, 1.82) is 0 Å². The topological polar surface area (TPSA) is 26.3 Å². The first kappa shape index (κ1) is 10.3. The zero-order chi connectivity index (χ0) is 9.52. The minimum absolute atomic E-state index is 0.106. The molecule has 0 aliphatic carbocycles. The average Bonchev–Trinajstić information content (AvgIpc) is 2.64. The highest BCUT2D eigenvalue weighted by atomic mass is 32.1. The Morgan fingerprint density at radius 2 is 2.38 bits per heavy atom. The van der Waals surface area contributed by atoms with Gasteiger partial charge in [0.15, 0.2) is 0 Å². The van der Waals surface area contributed by atoms with Crippen LogP contribution in [0.2, 0.25) is 0 Å². The molecule has 2 nitrogen and oxygen atoms in total. The molecule has 0 amide bonds. The monoisotopic (exact) mass is 198 g/mol. The van der Waals surface area contributed by atoms with Crippen LogP contribution in [0.5, 0.6) is 0 Å². The number of carbonyl (C=O) groups excluding carboxylic acids is 1. The number of unbranched alkanes of at least 4 members (excludes halogenated alkanes) is 1. The van der Waals surface area contributed by atoms with Crippen molar-refractivity contribution in [2.45, 2.75) is 25.7 Å². The lowest BCUT2D eigenvalue weighted by Crippen LogP contribution is -1.99. The van der Waals surface area contributed by atoms with Gasteiger partial charge in [-0.3, -0.25) is 4.79 Å². The molecule has 0 saturated carbocycles. The molecule has 0 radical (unpaired) electrons. The van der Waals surface area contributed by atoms with Crippen LogP contribution in [-0.4, -0.2) is 13.1 Å². The number of carbonyl (C=O) groups is 1. The molecule has 1 aromatic rings. The van der Waals surface area contributed by atoms with Gasteiger partial charge in [-0.25, -0.2) is 0 Å². The minimum Gasteiger partial charge on any atom is -0.469 e. The van der Waals surface area contributed by atoms with E-state index in [0.717, 1.165) is 19.3 Å². The molecule has 0 aliphatic rings. The maximum absolute atomic E-state index is 10.8. The van der Waals surface area contributed by atoms with E-state index in [0.29, 0.717) is 6.42 Å². The van der Waals surface area contributed by atoms with Crippen LogP contribution in [0.15, 0.2) is 16.8 Å². The maximum Gasteiger partial charge on any atom is 0.305 e. The Kier molecular flexibility index (Phi) is 4.54. The molecule has 0 unspecified atom stereocenters. The van der Waals surface area contributed by atoms with Gasteiger partial charge in [-0.1, -0.05) is 0 Å². The zero-order valence-corrected chi connectivity index (χ0v) is 8.60. The molecule has 0 atom stereocenters. The van der Waals surface area contributed by atoms with E-state index in [4.69, 9.17) is 0 Å². The van der Waals surface area contributed by atoms with E-state index in [9.17, 15) is 4.79 Å². The molecule has 0 aliphatic heterocycles. The normalized spacial score (nSPS) is 9.92. The lowest BCUT2D eigenvalue weighted by Gasteiger charge is -1.98. The second kappa shape index (κ2) is 5.75. The summed E-state index contributed by atoms with van der Waals surface area (Å²) in [6.45, 7) is 0. The van der Waals surface area contributed by atoms with Gasteiger partial charge >= 0.3 is 5.97 Å². The van der Waals surface area contributed by atoms with Crippen molar-refractivity contribution in [3.8, 4) is 0 Å². The van der Waals surface area contributed by atoms with Gasteiger partial charge in [-0.15, -0.1) is 0 Å². The summed E-state index contributed by atoms with van der Waals surface area (Å²) in [5.41, 5.74) is 1.37. The van der Waals surface area contributed by atoms with Crippen molar-refractivity contribution in [1.82, 2.24) is 0 Å². The fourth-order valence-electron chi connectivity index (χ4n) is 1.14. The first-order valence-corrected chi connectivity index (χ1v) is 5.35. The number of thiophene rings is 1. The second-order valence-corrected chi connectivity index (χ2v) is 3.69. The molecule has 72 valence electrons. The molecular weight excluding hydrogens is 184 g/mol. The summed E-state index contributed by atoms with van der Waals surface area (Å²) in [6, 6.07) is 2.13. The van der Waals surface area contributed by atoms with Gasteiger partial charge in [0.25, 0.3) is 0 Å². The van der Waals surface area contributed by atoms with Gasteiger partial charge in [0.1, 0.15) is 0 Å². The highest BCUT2D eigenvalue weighted by Gasteiger charge is 1.99. The molecule has 1 heterocycles. The molecule has 0 spiro atoms. The smallest absolute Gasteiger partial charge is 0.305 e. The highest BCUT2D eigenvalue weighted by molar-refractivity contribution is 7.07. The summed E-state index contributed by atoms with van der Waals surface area (Å²) in [5, 5.41) is 4.23. The van der Waals surface area contributed by atoms with Gasteiger partial charge in [-0.05, 0) is 41.7 Å². The Morgan fingerprint density at radius 3 is 3.00 bits per heavy atom. The fourth-order valence-corrected chi connectivity index (χ4v) is 1.84. The molecule has 0 N–H and O–H groups in total. The summed E-state index contributed by atoms with van der Waals surface area (Å²) in [4.78, 5) is 10.8. The second-order valence-electron chi connectivity index (χ2n) is 2.91. The van der Waals surface area contributed by atoms with Gasteiger partial charge in [-0.2, -0.15) is 11.3 Å². The predicted octanol–water partition coefficient (Wildman–Crippen LogP) is 2.63. The third-order valence-electron chi connectivity index (χ3n) is 1.90. The number of methoxy groups -OCH3 is 1. The first-order chi connectivity index (χ1) is 6.33. The Labute approximate surface area is 82.5 Å². The number of esters is 1. The highest BCUT2D eigenvalue weighted by Crippen LogP contribution is 2.10. The van der Waals surface area contributed by atoms with Crippen LogP contribution in [-0.2, 0) is 16.0 Å². The van der Waals surface area contributed by atoms with E-state index in [2.05, 4.69) is 21.6 Å². The van der Waals surface area contributed by atoms with Crippen molar-refractivity contribution in [3.05, 3.63) is 22.4 Å². The average molecular weight is 198 g/mol. The van der Waals surface area contributed by atoms with E-state index in [1.54, 1.807) is 11.3 Å². The van der Waals surface area contributed by atoms with Crippen molar-refractivity contribution in [3.63, 3.8) is 0 Å². The fraction of sp³-hybridized carbons (Fsp3) is 0.500. The van der Waals surface area contributed by atoms with Crippen molar-refractivity contribution in [2.24, 2.45) is 0 Å². The van der Waals surface area contributed by atoms with Crippen LogP contribution in [0.25, 0.3) is 0 Å². The van der Waals surface area contributed by atoms with E-state index in [1.165, 1.54) is 12.7 Å². The number of rotatable bonds is 5. The van der Waals surface area contributed by atoms with E-state index in [1.807, 2.05) is 0 Å². The van der Waals surface area contributed by atoms with E-state index >= 15 is 0 Å². The lowest BCUT2D eigenvalue weighted by atomic mass is 10.1. The summed E-state index contributed by atoms with van der Waals surface area (Å²) < 4.78 is 4.55. The molecule has 3 heteroatoms. The van der Waals surface area contributed by atoms with Gasteiger partial charge in [0, 0.05) is 6.42 Å². The van der Waals surface area contributed by atoms with Crippen molar-refractivity contribution < 1.29 is 9.53 Å². The first-order valence-electron chi connectivity index (χ1n) is 4.41. The molecule has 0 fully saturated rings. The Bertz CT molecular complexity index is 241.